The lowest BCUT2D eigenvalue weighted by molar-refractivity contribution is -0.137. The summed E-state index contributed by atoms with van der Waals surface area (Å²) in [6.45, 7) is 2.05. The maximum Gasteiger partial charge on any atom is 0.330 e. The molecule has 5 heteroatoms. The first kappa shape index (κ1) is 12.6. The van der Waals surface area contributed by atoms with Crippen LogP contribution in [0.4, 0.5) is 0 Å². The minimum Gasteiger partial charge on any atom is -0.463 e. The van der Waals surface area contributed by atoms with Crippen LogP contribution in [-0.2, 0) is 14.3 Å². The van der Waals surface area contributed by atoms with Crippen LogP contribution in [0.2, 0.25) is 0 Å². The molecule has 0 saturated heterocycles. The van der Waals surface area contributed by atoms with Gasteiger partial charge < -0.3 is 16.2 Å². The molecule has 0 aromatic carbocycles. The second-order valence-corrected chi connectivity index (χ2v) is 2.78. The minimum atomic E-state index is -0.429. The normalized spacial score (nSPS) is 12.7. The molecule has 0 saturated carbocycles. The van der Waals surface area contributed by atoms with Gasteiger partial charge in [0.2, 0.25) is 5.91 Å². The quantitative estimate of drug-likeness (QED) is 0.454. The lowest BCUT2D eigenvalue weighted by atomic mass is 10.1. The molecule has 0 fully saturated rings. The van der Waals surface area contributed by atoms with E-state index in [0.29, 0.717) is 13.0 Å². The van der Waals surface area contributed by atoms with Crippen molar-refractivity contribution in [2.45, 2.75) is 25.8 Å². The Morgan fingerprint density at radius 1 is 1.50 bits per heavy atom. The first-order valence-electron chi connectivity index (χ1n) is 4.45. The fraction of sp³-hybridized carbons (Fsp3) is 0.556. The van der Waals surface area contributed by atoms with Gasteiger partial charge in [-0.3, -0.25) is 4.79 Å². The van der Waals surface area contributed by atoms with Crippen molar-refractivity contribution in [3.05, 3.63) is 12.2 Å². The number of hydrogen-bond donors (Lipinski definition) is 2. The maximum absolute atomic E-state index is 10.8. The topological polar surface area (TPSA) is 95.4 Å². The summed E-state index contributed by atoms with van der Waals surface area (Å²) in [6.07, 6.45) is 3.41. The summed E-state index contributed by atoms with van der Waals surface area (Å²) in [5, 5.41) is 0. The van der Waals surface area contributed by atoms with Gasteiger partial charge in [-0.2, -0.15) is 0 Å². The fourth-order valence-corrected chi connectivity index (χ4v) is 0.798. The molecule has 1 atom stereocenters. The molecule has 0 heterocycles. The number of carbonyl (C=O) groups excluding carboxylic acids is 2. The summed E-state index contributed by atoms with van der Waals surface area (Å²) in [6, 6.07) is -0.341. The first-order chi connectivity index (χ1) is 6.56. The Kier molecular flexibility index (Phi) is 6.39. The average molecular weight is 200 g/mol. The summed E-state index contributed by atoms with van der Waals surface area (Å²) in [4.78, 5) is 21.2. The number of amides is 1. The number of nitrogens with two attached hydrogens (primary N) is 2. The smallest absolute Gasteiger partial charge is 0.330 e. The van der Waals surface area contributed by atoms with E-state index in [1.165, 1.54) is 12.2 Å². The zero-order valence-corrected chi connectivity index (χ0v) is 8.23. The Hall–Kier alpha value is -1.36. The van der Waals surface area contributed by atoms with E-state index in [4.69, 9.17) is 11.5 Å². The van der Waals surface area contributed by atoms with Crippen LogP contribution in [0.1, 0.15) is 19.8 Å². The number of primary amides is 1. The molecule has 0 aromatic rings. The number of ether oxygens (including phenoxy) is 1. The van der Waals surface area contributed by atoms with Gasteiger partial charge in [0, 0.05) is 18.5 Å². The van der Waals surface area contributed by atoms with Crippen molar-refractivity contribution in [2.75, 3.05) is 6.61 Å². The van der Waals surface area contributed by atoms with E-state index in [0.717, 1.165) is 0 Å². The molecular weight excluding hydrogens is 184 g/mol. The van der Waals surface area contributed by atoms with E-state index in [1.807, 2.05) is 0 Å². The monoisotopic (exact) mass is 200 g/mol. The fourth-order valence-electron chi connectivity index (χ4n) is 0.798. The Labute approximate surface area is 83.1 Å². The van der Waals surface area contributed by atoms with Crippen LogP contribution in [0.25, 0.3) is 0 Å². The van der Waals surface area contributed by atoms with Gasteiger partial charge in [-0.1, -0.05) is 6.08 Å². The highest BCUT2D eigenvalue weighted by Crippen LogP contribution is 1.95. The van der Waals surface area contributed by atoms with Gasteiger partial charge in [-0.15, -0.1) is 0 Å². The predicted molar refractivity (Wildman–Crippen MR) is 52.2 cm³/mol. The van der Waals surface area contributed by atoms with Crippen molar-refractivity contribution in [1.82, 2.24) is 0 Å². The molecule has 0 radical (unpaired) electrons. The van der Waals surface area contributed by atoms with E-state index < -0.39 is 11.9 Å². The van der Waals surface area contributed by atoms with E-state index in [-0.39, 0.29) is 12.5 Å². The van der Waals surface area contributed by atoms with Crippen molar-refractivity contribution < 1.29 is 14.3 Å². The number of carbonyl (C=O) groups is 2. The van der Waals surface area contributed by atoms with Crippen LogP contribution in [0.15, 0.2) is 12.2 Å². The Morgan fingerprint density at radius 3 is 2.64 bits per heavy atom. The zero-order valence-electron chi connectivity index (χ0n) is 8.23. The molecule has 1 amide bonds. The summed E-state index contributed by atoms with van der Waals surface area (Å²) < 4.78 is 4.64. The Balaban J connectivity index is 3.75. The summed E-state index contributed by atoms with van der Waals surface area (Å²) >= 11 is 0. The predicted octanol–water partition coefficient (Wildman–Crippen LogP) is -0.301. The highest BCUT2D eigenvalue weighted by atomic mass is 16.5. The number of rotatable bonds is 6. The molecule has 0 aliphatic heterocycles. The van der Waals surface area contributed by atoms with Crippen molar-refractivity contribution in [3.63, 3.8) is 0 Å². The van der Waals surface area contributed by atoms with Crippen LogP contribution in [-0.4, -0.2) is 24.5 Å². The SMILES string of the molecule is CCOC(=O)/C=C/[C@@H](N)CCC(N)=O. The van der Waals surface area contributed by atoms with E-state index in [1.54, 1.807) is 6.92 Å². The number of esters is 1. The molecule has 0 aliphatic rings. The third-order valence-corrected chi connectivity index (χ3v) is 1.49. The second-order valence-electron chi connectivity index (χ2n) is 2.78. The third kappa shape index (κ3) is 7.30. The largest absolute Gasteiger partial charge is 0.463 e. The van der Waals surface area contributed by atoms with Gasteiger partial charge >= 0.3 is 5.97 Å². The molecule has 0 bridgehead atoms. The number of hydrogen-bond acceptors (Lipinski definition) is 4. The molecule has 14 heavy (non-hydrogen) atoms. The summed E-state index contributed by atoms with van der Waals surface area (Å²) in [5.74, 6) is -0.827. The second kappa shape index (κ2) is 7.08. The third-order valence-electron chi connectivity index (χ3n) is 1.49. The molecule has 0 aromatic heterocycles. The Bertz CT molecular complexity index is 226. The van der Waals surface area contributed by atoms with Gasteiger partial charge in [0.15, 0.2) is 0 Å². The van der Waals surface area contributed by atoms with Crippen molar-refractivity contribution in [1.29, 1.82) is 0 Å². The minimum absolute atomic E-state index is 0.217. The molecular formula is C9H16N2O3. The highest BCUT2D eigenvalue weighted by molar-refractivity contribution is 5.82. The molecule has 0 rings (SSSR count). The first-order valence-corrected chi connectivity index (χ1v) is 4.45. The van der Waals surface area contributed by atoms with Gasteiger partial charge in [-0.05, 0) is 13.3 Å². The van der Waals surface area contributed by atoms with Gasteiger partial charge in [0.1, 0.15) is 0 Å². The summed E-state index contributed by atoms with van der Waals surface area (Å²) in [5.41, 5.74) is 10.5. The standard InChI is InChI=1S/C9H16N2O3/c1-2-14-9(13)6-4-7(10)3-5-8(11)12/h4,6-7H,2-3,5,10H2,1H3,(H2,11,12)/b6-4+/t7-/m0/s1. The zero-order chi connectivity index (χ0) is 11.0. The Morgan fingerprint density at radius 2 is 2.14 bits per heavy atom. The van der Waals surface area contributed by atoms with E-state index in [2.05, 4.69) is 4.74 Å². The molecule has 4 N–H and O–H groups in total. The molecule has 5 nitrogen and oxygen atoms in total. The van der Waals surface area contributed by atoms with Gasteiger partial charge in [0.05, 0.1) is 6.61 Å². The van der Waals surface area contributed by atoms with E-state index in [9.17, 15) is 9.59 Å². The lowest BCUT2D eigenvalue weighted by Crippen LogP contribution is -2.21. The van der Waals surface area contributed by atoms with Crippen LogP contribution in [0.3, 0.4) is 0 Å². The highest BCUT2D eigenvalue weighted by Gasteiger charge is 2.02. The van der Waals surface area contributed by atoms with Crippen molar-refractivity contribution in [3.8, 4) is 0 Å². The van der Waals surface area contributed by atoms with Crippen LogP contribution < -0.4 is 11.5 Å². The van der Waals surface area contributed by atoms with Gasteiger partial charge in [-0.25, -0.2) is 4.79 Å². The van der Waals surface area contributed by atoms with Crippen molar-refractivity contribution >= 4 is 11.9 Å². The summed E-state index contributed by atoms with van der Waals surface area (Å²) in [7, 11) is 0. The van der Waals surface area contributed by atoms with Crippen LogP contribution in [0.5, 0.6) is 0 Å². The molecule has 0 spiro atoms. The molecule has 0 unspecified atom stereocenters. The average Bonchev–Trinajstić information content (AvgIpc) is 2.12. The van der Waals surface area contributed by atoms with Crippen LogP contribution in [0, 0.1) is 0 Å². The van der Waals surface area contributed by atoms with Crippen molar-refractivity contribution in [2.24, 2.45) is 11.5 Å². The van der Waals surface area contributed by atoms with Crippen LogP contribution >= 0.6 is 0 Å². The molecule has 80 valence electrons. The van der Waals surface area contributed by atoms with Gasteiger partial charge in [0.25, 0.3) is 0 Å². The maximum atomic E-state index is 10.8. The van der Waals surface area contributed by atoms with E-state index >= 15 is 0 Å². The lowest BCUT2D eigenvalue weighted by Gasteiger charge is -2.03. The molecule has 0 aliphatic carbocycles.